The van der Waals surface area contributed by atoms with Crippen LogP contribution in [0.5, 0.6) is 0 Å². The zero-order valence-electron chi connectivity index (χ0n) is 15.4. The molecule has 2 aromatic carbocycles. The fraction of sp³-hybridized carbons (Fsp3) is 0.0952. The van der Waals surface area contributed by atoms with E-state index in [2.05, 4.69) is 15.5 Å². The van der Waals surface area contributed by atoms with Crippen LogP contribution in [0.25, 0.3) is 17.3 Å². The third-order valence-corrected chi connectivity index (χ3v) is 5.20. The number of furan rings is 1. The van der Waals surface area contributed by atoms with Gasteiger partial charge in [-0.05, 0) is 55.5 Å². The molecule has 29 heavy (non-hydrogen) atoms. The van der Waals surface area contributed by atoms with E-state index in [9.17, 15) is 9.18 Å². The molecule has 0 aliphatic carbocycles. The lowest BCUT2D eigenvalue weighted by atomic mass is 10.3. The molecule has 1 amide bonds. The lowest BCUT2D eigenvalue weighted by Gasteiger charge is -2.13. The second-order valence-electron chi connectivity index (χ2n) is 6.21. The number of nitrogens with one attached hydrogen (secondary N) is 1. The maximum Gasteiger partial charge on any atom is 0.237 e. The van der Waals surface area contributed by atoms with Crippen molar-refractivity contribution in [1.29, 1.82) is 0 Å². The number of halogens is 1. The van der Waals surface area contributed by atoms with Crippen molar-refractivity contribution in [3.63, 3.8) is 0 Å². The van der Waals surface area contributed by atoms with Crippen molar-refractivity contribution < 1.29 is 13.6 Å². The monoisotopic (exact) mass is 408 g/mol. The summed E-state index contributed by atoms with van der Waals surface area (Å²) in [5, 5.41) is 11.4. The molecule has 6 nitrogen and oxygen atoms in total. The molecule has 4 rings (SSSR count). The molecule has 1 unspecified atom stereocenters. The topological polar surface area (TPSA) is 73.0 Å². The number of carbonyl (C=O) groups excluding carboxylic acids is 1. The van der Waals surface area contributed by atoms with Gasteiger partial charge in [-0.15, -0.1) is 10.2 Å². The Hall–Kier alpha value is -3.39. The van der Waals surface area contributed by atoms with Crippen molar-refractivity contribution in [3.05, 3.63) is 78.8 Å². The number of nitrogens with zero attached hydrogens (tertiary/aromatic N) is 3. The smallest absolute Gasteiger partial charge is 0.237 e. The van der Waals surface area contributed by atoms with Gasteiger partial charge in [-0.25, -0.2) is 4.39 Å². The zero-order chi connectivity index (χ0) is 20.2. The number of hydrogen-bond acceptors (Lipinski definition) is 5. The van der Waals surface area contributed by atoms with Crippen molar-refractivity contribution in [3.8, 4) is 17.3 Å². The van der Waals surface area contributed by atoms with Crippen LogP contribution in [-0.4, -0.2) is 25.9 Å². The summed E-state index contributed by atoms with van der Waals surface area (Å²) in [5.41, 5.74) is 1.39. The number of benzene rings is 2. The average molecular weight is 408 g/mol. The average Bonchev–Trinajstić information content (AvgIpc) is 3.40. The minimum absolute atomic E-state index is 0.219. The predicted molar refractivity (Wildman–Crippen MR) is 109 cm³/mol. The second kappa shape index (κ2) is 8.32. The van der Waals surface area contributed by atoms with Gasteiger partial charge in [-0.3, -0.25) is 9.36 Å². The van der Waals surface area contributed by atoms with Gasteiger partial charge in [0.2, 0.25) is 11.7 Å². The number of para-hydroxylation sites is 1. The molecule has 0 saturated heterocycles. The third kappa shape index (κ3) is 4.22. The van der Waals surface area contributed by atoms with Crippen molar-refractivity contribution in [2.24, 2.45) is 0 Å². The van der Waals surface area contributed by atoms with E-state index >= 15 is 0 Å². The van der Waals surface area contributed by atoms with Crippen LogP contribution >= 0.6 is 11.8 Å². The Balaban J connectivity index is 1.59. The predicted octanol–water partition coefficient (Wildman–Crippen LogP) is 4.79. The van der Waals surface area contributed by atoms with E-state index < -0.39 is 5.25 Å². The quantitative estimate of drug-likeness (QED) is 0.465. The fourth-order valence-electron chi connectivity index (χ4n) is 2.71. The molecule has 2 aromatic heterocycles. The first-order valence-electron chi connectivity index (χ1n) is 8.89. The third-order valence-electron chi connectivity index (χ3n) is 4.15. The number of hydrogen-bond donors (Lipinski definition) is 1. The van der Waals surface area contributed by atoms with Crippen molar-refractivity contribution >= 4 is 23.4 Å². The maximum atomic E-state index is 13.1. The largest absolute Gasteiger partial charge is 0.461 e. The van der Waals surface area contributed by atoms with Crippen LogP contribution in [0.3, 0.4) is 0 Å². The zero-order valence-corrected chi connectivity index (χ0v) is 16.3. The lowest BCUT2D eigenvalue weighted by molar-refractivity contribution is -0.115. The van der Waals surface area contributed by atoms with Gasteiger partial charge in [0.1, 0.15) is 5.82 Å². The Kier molecular flexibility index (Phi) is 5.44. The Morgan fingerprint density at radius 2 is 1.83 bits per heavy atom. The number of carbonyl (C=O) groups is 1. The summed E-state index contributed by atoms with van der Waals surface area (Å²) in [6, 6.07) is 18.9. The van der Waals surface area contributed by atoms with Crippen LogP contribution in [0.1, 0.15) is 6.92 Å². The molecule has 0 aliphatic heterocycles. The number of rotatable bonds is 6. The normalized spacial score (nSPS) is 11.9. The van der Waals surface area contributed by atoms with Gasteiger partial charge in [0.05, 0.1) is 11.5 Å². The standard InChI is InChI=1S/C21H17FN4O2S/c1-14(20(27)23-16-11-9-15(22)10-12-16)29-21-25-24-19(18-8-5-13-28-18)26(21)17-6-3-2-4-7-17/h2-14H,1H3,(H,23,27). The minimum Gasteiger partial charge on any atom is -0.461 e. The van der Waals surface area contributed by atoms with Crippen molar-refractivity contribution in [2.75, 3.05) is 5.32 Å². The van der Waals surface area contributed by atoms with Gasteiger partial charge in [-0.2, -0.15) is 0 Å². The first-order chi connectivity index (χ1) is 14.1. The lowest BCUT2D eigenvalue weighted by Crippen LogP contribution is -2.22. The summed E-state index contributed by atoms with van der Waals surface area (Å²) >= 11 is 1.28. The summed E-state index contributed by atoms with van der Waals surface area (Å²) in [6.07, 6.45) is 1.57. The van der Waals surface area contributed by atoms with Gasteiger partial charge in [-0.1, -0.05) is 30.0 Å². The molecule has 0 bridgehead atoms. The molecule has 0 fully saturated rings. The van der Waals surface area contributed by atoms with Crippen molar-refractivity contribution in [1.82, 2.24) is 14.8 Å². The Morgan fingerprint density at radius 3 is 2.52 bits per heavy atom. The van der Waals surface area contributed by atoms with Crippen LogP contribution < -0.4 is 5.32 Å². The minimum atomic E-state index is -0.462. The number of aromatic nitrogens is 3. The first-order valence-corrected chi connectivity index (χ1v) is 9.77. The number of anilines is 1. The molecule has 1 atom stereocenters. The van der Waals surface area contributed by atoms with E-state index in [0.717, 1.165) is 5.69 Å². The highest BCUT2D eigenvalue weighted by Gasteiger charge is 2.22. The van der Waals surface area contributed by atoms with Crippen LogP contribution in [-0.2, 0) is 4.79 Å². The summed E-state index contributed by atoms with van der Waals surface area (Å²) in [7, 11) is 0. The van der Waals surface area contributed by atoms with Crippen LogP contribution in [0.2, 0.25) is 0 Å². The molecule has 8 heteroatoms. The molecule has 4 aromatic rings. The summed E-state index contributed by atoms with van der Waals surface area (Å²) < 4.78 is 20.4. The van der Waals surface area contributed by atoms with Gasteiger partial charge < -0.3 is 9.73 Å². The Bertz CT molecular complexity index is 1100. The number of thioether (sulfide) groups is 1. The van der Waals surface area contributed by atoms with E-state index in [4.69, 9.17) is 4.42 Å². The van der Waals surface area contributed by atoms with E-state index in [0.29, 0.717) is 22.4 Å². The van der Waals surface area contributed by atoms with Gasteiger partial charge in [0, 0.05) is 11.4 Å². The molecule has 0 radical (unpaired) electrons. The molecule has 2 heterocycles. The van der Waals surface area contributed by atoms with Crippen LogP contribution in [0.15, 0.2) is 82.6 Å². The molecule has 0 aliphatic rings. The highest BCUT2D eigenvalue weighted by atomic mass is 32.2. The van der Waals surface area contributed by atoms with Crippen molar-refractivity contribution in [2.45, 2.75) is 17.3 Å². The second-order valence-corrected chi connectivity index (χ2v) is 7.52. The Labute approximate surface area is 170 Å². The molecule has 146 valence electrons. The van der Waals surface area contributed by atoms with Gasteiger partial charge >= 0.3 is 0 Å². The van der Waals surface area contributed by atoms with Gasteiger partial charge in [0.15, 0.2) is 10.9 Å². The van der Waals surface area contributed by atoms with Crippen LogP contribution in [0.4, 0.5) is 10.1 Å². The Morgan fingerprint density at radius 1 is 1.07 bits per heavy atom. The molecule has 1 N–H and O–H groups in total. The molecule has 0 saturated carbocycles. The molecule has 0 spiro atoms. The summed E-state index contributed by atoms with van der Waals surface area (Å²) in [4.78, 5) is 12.6. The van der Waals surface area contributed by atoms with E-state index in [-0.39, 0.29) is 11.7 Å². The maximum absolute atomic E-state index is 13.1. The van der Waals surface area contributed by atoms with E-state index in [1.165, 1.54) is 36.0 Å². The highest BCUT2D eigenvalue weighted by molar-refractivity contribution is 8.00. The van der Waals surface area contributed by atoms with Crippen LogP contribution in [0, 0.1) is 5.82 Å². The summed E-state index contributed by atoms with van der Waals surface area (Å²) in [6.45, 7) is 1.78. The SMILES string of the molecule is CC(Sc1nnc(-c2ccco2)n1-c1ccccc1)C(=O)Nc1ccc(F)cc1. The molecular formula is C21H17FN4O2S. The highest BCUT2D eigenvalue weighted by Crippen LogP contribution is 2.30. The molecular weight excluding hydrogens is 391 g/mol. The number of amides is 1. The summed E-state index contributed by atoms with van der Waals surface area (Å²) in [5.74, 6) is 0.557. The van der Waals surface area contributed by atoms with E-state index in [1.807, 2.05) is 41.0 Å². The first kappa shape index (κ1) is 18.9. The fourth-order valence-corrected chi connectivity index (χ4v) is 3.58. The van der Waals surface area contributed by atoms with Gasteiger partial charge in [0.25, 0.3) is 0 Å². The van der Waals surface area contributed by atoms with E-state index in [1.54, 1.807) is 19.3 Å².